The molecule has 1 atom stereocenters. The highest BCUT2D eigenvalue weighted by Crippen LogP contribution is 2.55. The van der Waals surface area contributed by atoms with Gasteiger partial charge in [-0.1, -0.05) is 91.0 Å². The minimum absolute atomic E-state index is 0.576. The lowest BCUT2D eigenvalue weighted by atomic mass is 9.63. The van der Waals surface area contributed by atoms with E-state index in [4.69, 9.17) is 0 Å². The van der Waals surface area contributed by atoms with Crippen LogP contribution in [0.5, 0.6) is 0 Å². The molecule has 1 aromatic heterocycles. The molecule has 0 bridgehead atoms. The molecule has 0 aliphatic carbocycles. The molecule has 48 heavy (non-hydrogen) atoms. The van der Waals surface area contributed by atoms with E-state index in [0.29, 0.717) is 0 Å². The van der Waals surface area contributed by atoms with Gasteiger partial charge in [0.05, 0.1) is 46.8 Å². The van der Waals surface area contributed by atoms with E-state index in [1.165, 1.54) is 72.5 Å². The lowest BCUT2D eigenvalue weighted by molar-refractivity contribution is 0.495. The number of anilines is 4. The minimum Gasteiger partial charge on any atom is -0.361 e. The van der Waals surface area contributed by atoms with Crippen LogP contribution >= 0.6 is 0 Å². The first-order valence-corrected chi connectivity index (χ1v) is 16.7. The Labute approximate surface area is 280 Å². The van der Waals surface area contributed by atoms with Crippen LogP contribution in [0.15, 0.2) is 152 Å². The van der Waals surface area contributed by atoms with Crippen LogP contribution in [0.3, 0.4) is 0 Å². The second-order valence-electron chi connectivity index (χ2n) is 13.3. The average molecular weight is 622 g/mol. The van der Waals surface area contributed by atoms with Crippen molar-refractivity contribution in [1.29, 1.82) is 0 Å². The molecule has 5 nitrogen and oxygen atoms in total. The van der Waals surface area contributed by atoms with Gasteiger partial charge in [0, 0.05) is 48.6 Å². The third-order valence-electron chi connectivity index (χ3n) is 10.7. The average Bonchev–Trinajstić information content (AvgIpc) is 3.83. The molecular formula is C43H35N5. The Balaban J connectivity index is 1.33. The van der Waals surface area contributed by atoms with Crippen LogP contribution < -0.4 is 14.7 Å². The largest absolute Gasteiger partial charge is 0.361 e. The third kappa shape index (κ3) is 3.61. The fourth-order valence-electron chi connectivity index (χ4n) is 8.60. The monoisotopic (exact) mass is 621 g/mol. The number of fused-ring (bicyclic) bond motifs is 6. The van der Waals surface area contributed by atoms with Crippen LogP contribution in [0.4, 0.5) is 22.7 Å². The van der Waals surface area contributed by atoms with Gasteiger partial charge >= 0.3 is 0 Å². The predicted octanol–water partition coefficient (Wildman–Crippen LogP) is 9.21. The summed E-state index contributed by atoms with van der Waals surface area (Å²) < 4.78 is 2.52. The maximum Gasteiger partial charge on any atom is 0.0950 e. The summed E-state index contributed by atoms with van der Waals surface area (Å²) in [6.45, 7) is 1.63. The number of hydrogen-bond donors (Lipinski definition) is 0. The molecule has 0 fully saturated rings. The first-order valence-electron chi connectivity index (χ1n) is 16.7. The maximum atomic E-state index is 2.52. The smallest absolute Gasteiger partial charge is 0.0950 e. The van der Waals surface area contributed by atoms with E-state index >= 15 is 0 Å². The van der Waals surface area contributed by atoms with Gasteiger partial charge in [0.15, 0.2) is 0 Å². The summed E-state index contributed by atoms with van der Waals surface area (Å²) in [5.41, 5.74) is 13.1. The highest BCUT2D eigenvalue weighted by molar-refractivity contribution is 6.12. The maximum absolute atomic E-state index is 2.52. The molecule has 0 saturated heterocycles. The van der Waals surface area contributed by atoms with Crippen LogP contribution in [0.25, 0.3) is 27.5 Å². The number of nitrogens with zero attached hydrogens (tertiary/aromatic N) is 5. The molecule has 0 radical (unpaired) electrons. The first kappa shape index (κ1) is 27.2. The number of aromatic nitrogens is 1. The number of benzene rings is 6. The Morgan fingerprint density at radius 2 is 1.27 bits per heavy atom. The molecule has 6 aromatic carbocycles. The van der Waals surface area contributed by atoms with Gasteiger partial charge in [0.2, 0.25) is 0 Å². The second-order valence-corrected chi connectivity index (χ2v) is 13.3. The Morgan fingerprint density at radius 3 is 2.12 bits per heavy atom. The molecule has 232 valence electrons. The molecule has 3 aliphatic rings. The molecule has 0 saturated carbocycles. The van der Waals surface area contributed by atoms with E-state index in [1.807, 2.05) is 0 Å². The molecule has 5 heteroatoms. The Kier molecular flexibility index (Phi) is 5.68. The van der Waals surface area contributed by atoms with Crippen molar-refractivity contribution >= 4 is 44.6 Å². The van der Waals surface area contributed by atoms with Crippen LogP contribution in [-0.4, -0.2) is 36.9 Å². The van der Waals surface area contributed by atoms with Crippen molar-refractivity contribution in [3.05, 3.63) is 174 Å². The van der Waals surface area contributed by atoms with E-state index in [1.54, 1.807) is 0 Å². The van der Waals surface area contributed by atoms with Gasteiger partial charge in [0.25, 0.3) is 0 Å². The highest BCUT2D eigenvalue weighted by Gasteiger charge is 2.46. The van der Waals surface area contributed by atoms with Crippen molar-refractivity contribution in [2.24, 2.45) is 0 Å². The Morgan fingerprint density at radius 1 is 0.521 bits per heavy atom. The van der Waals surface area contributed by atoms with Gasteiger partial charge in [-0.15, -0.1) is 0 Å². The zero-order chi connectivity index (χ0) is 32.0. The molecular weight excluding hydrogens is 587 g/mol. The predicted molar refractivity (Wildman–Crippen MR) is 199 cm³/mol. The van der Waals surface area contributed by atoms with Crippen LogP contribution in [0, 0.1) is 0 Å². The normalized spacial score (nSPS) is 17.9. The van der Waals surface area contributed by atoms with Crippen LogP contribution in [0.2, 0.25) is 0 Å². The summed E-state index contributed by atoms with van der Waals surface area (Å²) in [6.07, 6.45) is 4.34. The highest BCUT2D eigenvalue weighted by atomic mass is 15.4. The summed E-state index contributed by atoms with van der Waals surface area (Å²) in [4.78, 5) is 9.33. The summed E-state index contributed by atoms with van der Waals surface area (Å²) in [5, 5.41) is 2.57. The summed E-state index contributed by atoms with van der Waals surface area (Å²) in [7, 11) is 4.30. The molecule has 10 rings (SSSR count). The van der Waals surface area contributed by atoms with Crippen LogP contribution in [-0.2, 0) is 5.41 Å². The lowest BCUT2D eigenvalue weighted by Crippen LogP contribution is -2.36. The SMILES string of the molecule is CN1C=CN(c2ccc3c(c2)C(c2ccccc2)(c2cccc(N4CN(C)c5ccccc54)c2)c2cccc4c5ccccc5n-3c24)C1. The lowest BCUT2D eigenvalue weighted by Gasteiger charge is -2.42. The first-order chi connectivity index (χ1) is 23.6. The Bertz CT molecular complexity index is 2420. The summed E-state index contributed by atoms with van der Waals surface area (Å²) in [5.74, 6) is 0. The number of hydrogen-bond acceptors (Lipinski definition) is 4. The van der Waals surface area contributed by atoms with Crippen molar-refractivity contribution in [1.82, 2.24) is 9.47 Å². The molecule has 4 heterocycles. The summed E-state index contributed by atoms with van der Waals surface area (Å²) >= 11 is 0. The van der Waals surface area contributed by atoms with Crippen LogP contribution in [0.1, 0.15) is 22.3 Å². The summed E-state index contributed by atoms with van der Waals surface area (Å²) in [6, 6.07) is 52.1. The van der Waals surface area contributed by atoms with Crippen molar-refractivity contribution in [2.45, 2.75) is 5.41 Å². The van der Waals surface area contributed by atoms with Gasteiger partial charge in [-0.25, -0.2) is 0 Å². The van der Waals surface area contributed by atoms with E-state index in [0.717, 1.165) is 13.3 Å². The fraction of sp³-hybridized carbons (Fsp3) is 0.116. The Hall–Kier alpha value is -5.94. The number of rotatable bonds is 4. The third-order valence-corrected chi connectivity index (χ3v) is 10.7. The topological polar surface area (TPSA) is 17.9 Å². The van der Waals surface area contributed by atoms with Gasteiger partial charge in [0.1, 0.15) is 0 Å². The van der Waals surface area contributed by atoms with E-state index < -0.39 is 5.41 Å². The van der Waals surface area contributed by atoms with Gasteiger partial charge in [-0.2, -0.15) is 0 Å². The van der Waals surface area contributed by atoms with E-state index in [2.05, 4.69) is 190 Å². The van der Waals surface area contributed by atoms with Gasteiger partial charge < -0.3 is 24.2 Å². The zero-order valence-electron chi connectivity index (χ0n) is 27.1. The quantitative estimate of drug-likeness (QED) is 0.195. The molecule has 0 N–H and O–H groups in total. The molecule has 0 amide bonds. The zero-order valence-corrected chi connectivity index (χ0v) is 27.1. The van der Waals surface area contributed by atoms with E-state index in [-0.39, 0.29) is 0 Å². The van der Waals surface area contributed by atoms with Crippen molar-refractivity contribution in [3.63, 3.8) is 0 Å². The molecule has 0 spiro atoms. The molecule has 3 aliphatic heterocycles. The fourth-order valence-corrected chi connectivity index (χ4v) is 8.60. The second kappa shape index (κ2) is 10.0. The van der Waals surface area contributed by atoms with Crippen molar-refractivity contribution in [2.75, 3.05) is 42.1 Å². The van der Waals surface area contributed by atoms with Crippen molar-refractivity contribution < 1.29 is 0 Å². The minimum atomic E-state index is -0.576. The standard InChI is InChI=1S/C43H35N5/c1-44-24-25-46(28-44)32-22-23-39-37(27-32)43(30-12-4-3-5-13-30,36-18-11-17-35-34-16-6-7-19-38(34)48(39)42(35)36)31-14-10-15-33(26-31)47-29-45(2)40-20-8-9-21-41(40)47/h3-27H,28-29H2,1-2H3. The molecule has 1 unspecified atom stereocenters. The van der Waals surface area contributed by atoms with E-state index in [9.17, 15) is 0 Å². The van der Waals surface area contributed by atoms with Gasteiger partial charge in [-0.05, 0) is 70.8 Å². The van der Waals surface area contributed by atoms with Crippen molar-refractivity contribution in [3.8, 4) is 5.69 Å². The van der Waals surface area contributed by atoms with Gasteiger partial charge in [-0.3, -0.25) is 0 Å². The number of para-hydroxylation sites is 4. The molecule has 7 aromatic rings.